The van der Waals surface area contributed by atoms with Crippen molar-refractivity contribution in [3.05, 3.63) is 41.5 Å². The first-order valence-electron chi connectivity index (χ1n) is 6.12. The van der Waals surface area contributed by atoms with Gasteiger partial charge in [0.1, 0.15) is 0 Å². The van der Waals surface area contributed by atoms with E-state index in [1.165, 1.54) is 19.4 Å². The van der Waals surface area contributed by atoms with Crippen LogP contribution in [0.5, 0.6) is 0 Å². The Morgan fingerprint density at radius 2 is 2.19 bits per heavy atom. The van der Waals surface area contributed by atoms with Crippen molar-refractivity contribution in [2.24, 2.45) is 0 Å². The van der Waals surface area contributed by atoms with Gasteiger partial charge in [0.25, 0.3) is 0 Å². The number of nitrogens with one attached hydrogen (secondary N) is 1. The van der Waals surface area contributed by atoms with Crippen molar-refractivity contribution >= 4 is 44.7 Å². The maximum absolute atomic E-state index is 11.6. The third kappa shape index (κ3) is 2.50. The number of thiazole rings is 1. The molecule has 0 fully saturated rings. The zero-order valence-electron chi connectivity index (χ0n) is 11.2. The van der Waals surface area contributed by atoms with Gasteiger partial charge < -0.3 is 15.8 Å². The number of nitrogen functional groups attached to an aromatic ring is 1. The van der Waals surface area contributed by atoms with Gasteiger partial charge in [0.15, 0.2) is 5.82 Å². The third-order valence-electron chi connectivity index (χ3n) is 2.99. The Bertz CT molecular complexity index is 816. The minimum Gasteiger partial charge on any atom is -0.465 e. The molecule has 0 bridgehead atoms. The Kier molecular flexibility index (Phi) is 3.41. The van der Waals surface area contributed by atoms with Crippen LogP contribution >= 0.6 is 11.3 Å². The minimum absolute atomic E-state index is 0.258. The molecule has 0 spiro atoms. The topological polar surface area (TPSA) is 90.1 Å². The largest absolute Gasteiger partial charge is 0.465 e. The van der Waals surface area contributed by atoms with E-state index in [0.29, 0.717) is 5.82 Å². The number of carbonyl (C=O) groups is 1. The van der Waals surface area contributed by atoms with E-state index in [2.05, 4.69) is 20.0 Å². The average Bonchev–Trinajstić information content (AvgIpc) is 2.96. The van der Waals surface area contributed by atoms with Crippen molar-refractivity contribution in [1.82, 2.24) is 9.97 Å². The van der Waals surface area contributed by atoms with Gasteiger partial charge >= 0.3 is 5.97 Å². The molecule has 3 N–H and O–H groups in total. The van der Waals surface area contributed by atoms with Crippen LogP contribution in [0.4, 0.5) is 17.2 Å². The summed E-state index contributed by atoms with van der Waals surface area (Å²) in [6.07, 6.45) is 1.51. The van der Waals surface area contributed by atoms with Crippen LogP contribution in [-0.2, 0) is 4.74 Å². The minimum atomic E-state index is -0.490. The lowest BCUT2D eigenvalue weighted by atomic mass is 10.2. The van der Waals surface area contributed by atoms with Gasteiger partial charge in [-0.05, 0) is 24.3 Å². The molecule has 3 rings (SSSR count). The highest BCUT2D eigenvalue weighted by Gasteiger charge is 2.14. The first kappa shape index (κ1) is 13.3. The lowest BCUT2D eigenvalue weighted by Gasteiger charge is -2.10. The molecule has 2 aromatic heterocycles. The summed E-state index contributed by atoms with van der Waals surface area (Å²) >= 11 is 1.55. The van der Waals surface area contributed by atoms with E-state index in [9.17, 15) is 4.79 Å². The van der Waals surface area contributed by atoms with E-state index in [1.54, 1.807) is 16.8 Å². The number of nitrogens with zero attached hydrogens (tertiary/aromatic N) is 2. The van der Waals surface area contributed by atoms with Crippen molar-refractivity contribution in [1.29, 1.82) is 0 Å². The summed E-state index contributed by atoms with van der Waals surface area (Å²) in [6, 6.07) is 7.28. The number of methoxy groups -OCH3 is 1. The lowest BCUT2D eigenvalue weighted by molar-refractivity contribution is 0.0602. The van der Waals surface area contributed by atoms with Crippen molar-refractivity contribution in [3.8, 4) is 0 Å². The molecular formula is C14H12N4O2S. The number of benzene rings is 1. The Labute approximate surface area is 124 Å². The quantitative estimate of drug-likeness (QED) is 0.723. The van der Waals surface area contributed by atoms with Crippen molar-refractivity contribution in [3.63, 3.8) is 0 Å². The zero-order valence-corrected chi connectivity index (χ0v) is 12.0. The molecular weight excluding hydrogens is 288 g/mol. The van der Waals surface area contributed by atoms with Crippen molar-refractivity contribution < 1.29 is 9.53 Å². The molecule has 0 aliphatic carbocycles. The fraction of sp³-hybridized carbons (Fsp3) is 0.0714. The van der Waals surface area contributed by atoms with Gasteiger partial charge in [-0.25, -0.2) is 14.8 Å². The number of aromatic nitrogens is 2. The molecule has 3 aromatic rings. The van der Waals surface area contributed by atoms with Gasteiger partial charge in [0.2, 0.25) is 0 Å². The second-order valence-corrected chi connectivity index (χ2v) is 5.16. The molecule has 0 unspecified atom stereocenters. The van der Waals surface area contributed by atoms with Crippen LogP contribution in [0.25, 0.3) is 10.2 Å². The summed E-state index contributed by atoms with van der Waals surface area (Å²) in [6.45, 7) is 0. The molecule has 0 aliphatic rings. The molecule has 0 aliphatic heterocycles. The smallest absolute Gasteiger partial charge is 0.340 e. The predicted octanol–water partition coefficient (Wildman–Crippen LogP) is 2.80. The Balaban J connectivity index is 1.95. The van der Waals surface area contributed by atoms with E-state index in [4.69, 9.17) is 5.73 Å². The number of hydrogen-bond acceptors (Lipinski definition) is 7. The zero-order chi connectivity index (χ0) is 14.8. The second-order valence-electron chi connectivity index (χ2n) is 4.27. The van der Waals surface area contributed by atoms with E-state index in [1.807, 2.05) is 18.2 Å². The Hall–Kier alpha value is -2.67. The highest BCUT2D eigenvalue weighted by Crippen LogP contribution is 2.27. The van der Waals surface area contributed by atoms with Gasteiger partial charge in [0, 0.05) is 11.9 Å². The Morgan fingerprint density at radius 3 is 3.00 bits per heavy atom. The first-order chi connectivity index (χ1) is 10.2. The number of anilines is 3. The second kappa shape index (κ2) is 5.37. The number of nitrogens with two attached hydrogens (primary N) is 1. The van der Waals surface area contributed by atoms with E-state index in [0.717, 1.165) is 15.9 Å². The highest BCUT2D eigenvalue weighted by atomic mass is 32.1. The summed E-state index contributed by atoms with van der Waals surface area (Å²) in [7, 11) is 1.31. The number of carbonyl (C=O) groups excluding carboxylic acids is 1. The van der Waals surface area contributed by atoms with Crippen molar-refractivity contribution in [2.75, 3.05) is 18.2 Å². The number of hydrogen-bond donors (Lipinski definition) is 2. The molecule has 6 nitrogen and oxygen atoms in total. The van der Waals surface area contributed by atoms with Crippen molar-refractivity contribution in [2.45, 2.75) is 0 Å². The van der Waals surface area contributed by atoms with Crippen LogP contribution in [0.2, 0.25) is 0 Å². The van der Waals surface area contributed by atoms with Gasteiger partial charge in [-0.3, -0.25) is 0 Å². The number of ether oxygens (including phenoxy) is 1. The van der Waals surface area contributed by atoms with Crippen LogP contribution in [0.3, 0.4) is 0 Å². The molecule has 7 heteroatoms. The molecule has 2 heterocycles. The summed E-state index contributed by atoms with van der Waals surface area (Å²) < 4.78 is 5.75. The van der Waals surface area contributed by atoms with Gasteiger partial charge in [-0.2, -0.15) is 0 Å². The van der Waals surface area contributed by atoms with Crippen LogP contribution < -0.4 is 11.1 Å². The van der Waals surface area contributed by atoms with Crippen LogP contribution in [0.1, 0.15) is 10.4 Å². The van der Waals surface area contributed by atoms with Gasteiger partial charge in [0.05, 0.1) is 34.1 Å². The fourth-order valence-electron chi connectivity index (χ4n) is 1.93. The SMILES string of the molecule is COC(=O)c1ccnc(Nc2ccc3ncsc3c2)c1N. The third-order valence-corrected chi connectivity index (χ3v) is 3.78. The summed E-state index contributed by atoms with van der Waals surface area (Å²) in [5, 5.41) is 3.11. The number of rotatable bonds is 3. The summed E-state index contributed by atoms with van der Waals surface area (Å²) in [5.41, 5.74) is 10.1. The van der Waals surface area contributed by atoms with Gasteiger partial charge in [-0.15, -0.1) is 11.3 Å². The van der Waals surface area contributed by atoms with E-state index < -0.39 is 5.97 Å². The molecule has 0 radical (unpaired) electrons. The van der Waals surface area contributed by atoms with E-state index >= 15 is 0 Å². The molecule has 1 aromatic carbocycles. The fourth-order valence-corrected chi connectivity index (χ4v) is 2.65. The summed E-state index contributed by atoms with van der Waals surface area (Å²) in [4.78, 5) is 20.0. The molecule has 0 saturated heterocycles. The average molecular weight is 300 g/mol. The highest BCUT2D eigenvalue weighted by molar-refractivity contribution is 7.16. The number of pyridine rings is 1. The maximum atomic E-state index is 11.6. The maximum Gasteiger partial charge on any atom is 0.340 e. The summed E-state index contributed by atoms with van der Waals surface area (Å²) in [5.74, 6) is -0.0716. The van der Waals surface area contributed by atoms with Crippen LogP contribution in [0.15, 0.2) is 36.0 Å². The number of fused-ring (bicyclic) bond motifs is 1. The first-order valence-corrected chi connectivity index (χ1v) is 7.00. The number of esters is 1. The molecule has 106 valence electrons. The van der Waals surface area contributed by atoms with Crippen LogP contribution in [0, 0.1) is 0 Å². The standard InChI is InChI=1S/C14H12N4O2S/c1-20-14(19)9-4-5-16-13(12(9)15)18-8-2-3-10-11(6-8)21-7-17-10/h2-7H,15H2,1H3,(H,16,18). The molecule has 21 heavy (non-hydrogen) atoms. The predicted molar refractivity (Wildman–Crippen MR) is 82.9 cm³/mol. The molecule has 0 atom stereocenters. The monoisotopic (exact) mass is 300 g/mol. The molecule has 0 saturated carbocycles. The van der Waals surface area contributed by atoms with E-state index in [-0.39, 0.29) is 11.3 Å². The normalized spacial score (nSPS) is 10.5. The lowest BCUT2D eigenvalue weighted by Crippen LogP contribution is -2.08. The Morgan fingerprint density at radius 1 is 1.33 bits per heavy atom. The van der Waals surface area contributed by atoms with Crippen LogP contribution in [-0.4, -0.2) is 23.0 Å². The molecule has 0 amide bonds. The van der Waals surface area contributed by atoms with Gasteiger partial charge in [-0.1, -0.05) is 0 Å².